The molecule has 2 fully saturated rings. The van der Waals surface area contributed by atoms with E-state index in [-0.39, 0.29) is 6.03 Å². The first-order valence-corrected chi connectivity index (χ1v) is 13.5. The molecule has 1 aromatic heterocycles. The van der Waals surface area contributed by atoms with Crippen LogP contribution in [0.4, 0.5) is 4.79 Å². The van der Waals surface area contributed by atoms with E-state index in [4.69, 9.17) is 11.6 Å². The van der Waals surface area contributed by atoms with E-state index in [1.54, 1.807) is 0 Å². The molecule has 2 aromatic rings. The Hall–Kier alpha value is -2.50. The van der Waals surface area contributed by atoms with Crippen molar-refractivity contribution in [1.29, 1.82) is 0 Å². The van der Waals surface area contributed by atoms with Crippen molar-refractivity contribution in [3.63, 3.8) is 0 Å². The third kappa shape index (κ3) is 5.22. The number of likely N-dealkylation sites (tertiary alicyclic amines) is 1. The van der Waals surface area contributed by atoms with E-state index in [9.17, 15) is 4.79 Å². The lowest BCUT2D eigenvalue weighted by molar-refractivity contribution is 0.0932. The standard InChI is InChI=1S/C29H37ClN4O/c1-22(2)31-17-19-33(20-18-31)29(35)32-15-13-23(14-16-32)27-21-34(25-11-9-24(30)10-12-25)28-8-6-4-3-5-7-26(27)28/h3,5,7-12,21-23H,4,6,13-20H2,1-2H3/b5-3+,26-7-,28-8-. The van der Waals surface area contributed by atoms with Crippen LogP contribution in [0.3, 0.4) is 0 Å². The second kappa shape index (κ2) is 10.6. The average Bonchev–Trinajstić information content (AvgIpc) is 3.21. The number of aromatic nitrogens is 1. The number of rotatable bonds is 3. The highest BCUT2D eigenvalue weighted by molar-refractivity contribution is 6.30. The Morgan fingerprint density at radius 1 is 0.943 bits per heavy atom. The summed E-state index contributed by atoms with van der Waals surface area (Å²) in [5, 5.41) is 3.35. The van der Waals surface area contributed by atoms with Gasteiger partial charge in [-0.05, 0) is 75.3 Å². The zero-order valence-electron chi connectivity index (χ0n) is 21.0. The summed E-state index contributed by atoms with van der Waals surface area (Å²) < 4.78 is 2.32. The van der Waals surface area contributed by atoms with Crippen molar-refractivity contribution in [3.05, 3.63) is 63.8 Å². The molecule has 0 atom stereocenters. The molecule has 2 saturated heterocycles. The number of carbonyl (C=O) groups excluding carboxylic acids is 1. The Morgan fingerprint density at radius 2 is 1.63 bits per heavy atom. The van der Waals surface area contributed by atoms with Gasteiger partial charge in [0.15, 0.2) is 0 Å². The van der Waals surface area contributed by atoms with Crippen LogP contribution < -0.4 is 10.6 Å². The van der Waals surface area contributed by atoms with Crippen molar-refractivity contribution < 1.29 is 4.79 Å². The summed E-state index contributed by atoms with van der Waals surface area (Å²) in [5.74, 6) is 0.455. The molecule has 0 N–H and O–H groups in total. The van der Waals surface area contributed by atoms with E-state index < -0.39 is 0 Å². The molecule has 3 heterocycles. The predicted molar refractivity (Wildman–Crippen MR) is 145 cm³/mol. The molecule has 5 rings (SSSR count). The van der Waals surface area contributed by atoms with Gasteiger partial charge in [0, 0.05) is 72.8 Å². The van der Waals surface area contributed by atoms with E-state index in [1.807, 2.05) is 12.1 Å². The van der Waals surface area contributed by atoms with Crippen LogP contribution in [0.2, 0.25) is 5.02 Å². The number of hydrogen-bond acceptors (Lipinski definition) is 2. The molecule has 0 saturated carbocycles. The van der Waals surface area contributed by atoms with Crippen LogP contribution in [0.25, 0.3) is 17.8 Å². The highest BCUT2D eigenvalue weighted by atomic mass is 35.5. The van der Waals surface area contributed by atoms with Crippen molar-refractivity contribution in [3.8, 4) is 5.69 Å². The second-order valence-corrected chi connectivity index (χ2v) is 10.7. The SMILES string of the molecule is CC(C)N1CCN(C(=O)N2CCC(c3cn(-c4ccc(Cl)cc4)c4/c3=C\C=C\CC/C=4)CC2)CC1. The third-order valence-electron chi connectivity index (χ3n) is 7.81. The number of benzene rings is 1. The number of piperazine rings is 1. The van der Waals surface area contributed by atoms with E-state index in [1.165, 1.54) is 16.1 Å². The molecule has 3 aliphatic rings. The molecule has 5 nitrogen and oxygen atoms in total. The fourth-order valence-corrected chi connectivity index (χ4v) is 5.80. The van der Waals surface area contributed by atoms with Crippen LogP contribution in [0.5, 0.6) is 0 Å². The van der Waals surface area contributed by atoms with Crippen LogP contribution in [-0.4, -0.2) is 70.6 Å². The monoisotopic (exact) mass is 492 g/mol. The Bertz CT molecular complexity index is 1180. The zero-order chi connectivity index (χ0) is 24.4. The molecule has 1 aromatic carbocycles. The van der Waals surface area contributed by atoms with E-state index >= 15 is 0 Å². The average molecular weight is 493 g/mol. The van der Waals surface area contributed by atoms with Gasteiger partial charge in [0.2, 0.25) is 0 Å². The highest BCUT2D eigenvalue weighted by Gasteiger charge is 2.30. The number of hydrogen-bond donors (Lipinski definition) is 0. The van der Waals surface area contributed by atoms with Crippen LogP contribution in [0.15, 0.2) is 42.6 Å². The fraction of sp³-hybridized carbons (Fsp3) is 0.483. The number of nitrogens with zero attached hydrogens (tertiary/aromatic N) is 4. The normalized spacial score (nSPS) is 22.5. The second-order valence-electron chi connectivity index (χ2n) is 10.3. The minimum atomic E-state index is 0.226. The topological polar surface area (TPSA) is 31.7 Å². The smallest absolute Gasteiger partial charge is 0.320 e. The van der Waals surface area contributed by atoms with Crippen LogP contribution >= 0.6 is 11.6 Å². The molecular weight excluding hydrogens is 456 g/mol. The summed E-state index contributed by atoms with van der Waals surface area (Å²) in [6, 6.07) is 8.88. The summed E-state index contributed by atoms with van der Waals surface area (Å²) in [4.78, 5) is 19.8. The van der Waals surface area contributed by atoms with Crippen LogP contribution in [0.1, 0.15) is 51.0 Å². The molecule has 0 bridgehead atoms. The maximum absolute atomic E-state index is 13.2. The van der Waals surface area contributed by atoms with Crippen molar-refractivity contribution in [1.82, 2.24) is 19.3 Å². The Morgan fingerprint density at radius 3 is 2.31 bits per heavy atom. The lowest BCUT2D eigenvalue weighted by atomic mass is 9.90. The number of halogens is 1. The van der Waals surface area contributed by atoms with Gasteiger partial charge in [0.05, 0.1) is 0 Å². The number of urea groups is 1. The maximum Gasteiger partial charge on any atom is 0.320 e. The predicted octanol–water partition coefficient (Wildman–Crippen LogP) is 4.37. The summed E-state index contributed by atoms with van der Waals surface area (Å²) in [6.07, 6.45) is 15.5. The van der Waals surface area contributed by atoms with Gasteiger partial charge in [-0.15, -0.1) is 0 Å². The molecule has 6 heteroatoms. The lowest BCUT2D eigenvalue weighted by Gasteiger charge is -2.40. The maximum atomic E-state index is 13.2. The van der Waals surface area contributed by atoms with Gasteiger partial charge >= 0.3 is 6.03 Å². The van der Waals surface area contributed by atoms with Crippen LogP contribution in [-0.2, 0) is 0 Å². The zero-order valence-corrected chi connectivity index (χ0v) is 21.8. The van der Waals surface area contributed by atoms with Crippen molar-refractivity contribution in [2.24, 2.45) is 0 Å². The first kappa shape index (κ1) is 24.2. The van der Waals surface area contributed by atoms with Gasteiger partial charge in [0.1, 0.15) is 0 Å². The number of allylic oxidation sites excluding steroid dienone is 2. The highest BCUT2D eigenvalue weighted by Crippen LogP contribution is 2.27. The minimum Gasteiger partial charge on any atom is -0.325 e. The number of carbonyl (C=O) groups is 1. The molecule has 2 amide bonds. The minimum absolute atomic E-state index is 0.226. The molecule has 0 unspecified atom stereocenters. The van der Waals surface area contributed by atoms with E-state index in [0.717, 1.165) is 75.7 Å². The molecule has 35 heavy (non-hydrogen) atoms. The molecule has 2 aliphatic heterocycles. The summed E-state index contributed by atoms with van der Waals surface area (Å²) >= 11 is 6.16. The number of fused-ring (bicyclic) bond motifs is 1. The molecule has 186 valence electrons. The van der Waals surface area contributed by atoms with Crippen molar-refractivity contribution >= 4 is 29.8 Å². The number of amides is 2. The molecule has 1 aliphatic carbocycles. The van der Waals surface area contributed by atoms with Gasteiger partial charge in [-0.1, -0.05) is 35.9 Å². The largest absolute Gasteiger partial charge is 0.325 e. The fourth-order valence-electron chi connectivity index (χ4n) is 5.67. The summed E-state index contributed by atoms with van der Waals surface area (Å²) in [5.41, 5.74) is 2.54. The summed E-state index contributed by atoms with van der Waals surface area (Å²) in [6.45, 7) is 9.75. The first-order valence-electron chi connectivity index (χ1n) is 13.1. The van der Waals surface area contributed by atoms with Gasteiger partial charge in [0.25, 0.3) is 0 Å². The van der Waals surface area contributed by atoms with E-state index in [2.05, 4.69) is 75.7 Å². The lowest BCUT2D eigenvalue weighted by Crippen LogP contribution is -2.55. The third-order valence-corrected chi connectivity index (χ3v) is 8.06. The van der Waals surface area contributed by atoms with Gasteiger partial charge < -0.3 is 14.4 Å². The van der Waals surface area contributed by atoms with Crippen molar-refractivity contribution in [2.75, 3.05) is 39.3 Å². The summed E-state index contributed by atoms with van der Waals surface area (Å²) in [7, 11) is 0. The first-order chi connectivity index (χ1) is 17.0. The van der Waals surface area contributed by atoms with E-state index in [0.29, 0.717) is 12.0 Å². The Balaban J connectivity index is 1.34. The quantitative estimate of drug-likeness (QED) is 0.637. The van der Waals surface area contributed by atoms with Gasteiger partial charge in [-0.3, -0.25) is 4.90 Å². The Kier molecular flexibility index (Phi) is 7.35. The number of piperidine rings is 1. The molecular formula is C29H37ClN4O. The van der Waals surface area contributed by atoms with Crippen molar-refractivity contribution in [2.45, 2.75) is 51.5 Å². The van der Waals surface area contributed by atoms with Crippen LogP contribution in [0, 0.1) is 0 Å². The molecule has 0 radical (unpaired) electrons. The molecule has 0 spiro atoms. The Labute approximate surface area is 213 Å². The van der Waals surface area contributed by atoms with Gasteiger partial charge in [-0.25, -0.2) is 4.79 Å². The van der Waals surface area contributed by atoms with Gasteiger partial charge in [-0.2, -0.15) is 0 Å².